The number of nitrogens with zero attached hydrogens (tertiary/aromatic N) is 4. The number of hydrogen-bond acceptors (Lipinski definition) is 6. The number of piperidine rings is 1. The van der Waals surface area contributed by atoms with Crippen LogP contribution in [0.25, 0.3) is 55.3 Å². The minimum atomic E-state index is -1.21. The third-order valence-electron chi connectivity index (χ3n) is 13.2. The van der Waals surface area contributed by atoms with Crippen molar-refractivity contribution in [2.75, 3.05) is 6.54 Å². The molecule has 0 radical (unpaired) electrons. The molecule has 0 unspecified atom stereocenters. The van der Waals surface area contributed by atoms with Gasteiger partial charge in [-0.05, 0) is 107 Å². The number of amides is 4. The first kappa shape index (κ1) is 40.7. The van der Waals surface area contributed by atoms with Crippen molar-refractivity contribution in [3.8, 4) is 33.5 Å². The Kier molecular flexibility index (Phi) is 10.7. The fourth-order valence-electron chi connectivity index (χ4n) is 10.1. The van der Waals surface area contributed by atoms with E-state index in [2.05, 4.69) is 98.4 Å². The zero-order chi connectivity index (χ0) is 43.4. The summed E-state index contributed by atoms with van der Waals surface area (Å²) in [6.45, 7) is 7.95. The van der Waals surface area contributed by atoms with Crippen LogP contribution in [0.4, 0.5) is 9.59 Å². The van der Waals surface area contributed by atoms with E-state index < -0.39 is 24.3 Å². The van der Waals surface area contributed by atoms with Crippen molar-refractivity contribution in [2.45, 2.75) is 90.0 Å². The highest BCUT2D eigenvalue weighted by molar-refractivity contribution is 5.91. The van der Waals surface area contributed by atoms with Crippen LogP contribution in [0.15, 0.2) is 85.1 Å². The molecule has 3 aliphatic rings. The van der Waals surface area contributed by atoms with E-state index in [-0.39, 0.29) is 47.7 Å². The summed E-state index contributed by atoms with van der Waals surface area (Å²) in [7, 11) is 0. The molecule has 1 saturated carbocycles. The summed E-state index contributed by atoms with van der Waals surface area (Å²) >= 11 is 0. The maximum atomic E-state index is 13.9. The van der Waals surface area contributed by atoms with E-state index in [9.17, 15) is 29.4 Å². The van der Waals surface area contributed by atoms with Crippen LogP contribution < -0.4 is 10.6 Å². The van der Waals surface area contributed by atoms with Crippen LogP contribution in [-0.4, -0.2) is 88.6 Å². The van der Waals surface area contributed by atoms with Gasteiger partial charge in [0.05, 0.1) is 35.0 Å². The minimum Gasteiger partial charge on any atom is -0.465 e. The highest BCUT2D eigenvalue weighted by Gasteiger charge is 2.51. The van der Waals surface area contributed by atoms with Gasteiger partial charge in [0.25, 0.3) is 0 Å². The molecule has 4 aromatic carbocycles. The van der Waals surface area contributed by atoms with Gasteiger partial charge in [-0.15, -0.1) is 0 Å². The molecule has 2 aliphatic heterocycles. The fourth-order valence-corrected chi connectivity index (χ4v) is 10.1. The van der Waals surface area contributed by atoms with E-state index in [1.54, 1.807) is 11.1 Å². The van der Waals surface area contributed by atoms with Crippen LogP contribution in [0, 0.1) is 17.8 Å². The van der Waals surface area contributed by atoms with Crippen LogP contribution in [0.5, 0.6) is 0 Å². The van der Waals surface area contributed by atoms with Crippen molar-refractivity contribution in [1.82, 2.24) is 40.4 Å². The second-order valence-electron chi connectivity index (χ2n) is 17.8. The van der Waals surface area contributed by atoms with Gasteiger partial charge in [-0.25, -0.2) is 19.6 Å². The van der Waals surface area contributed by atoms with E-state index in [1.807, 2.05) is 38.7 Å². The Hall–Kier alpha value is -6.70. The molecule has 4 amide bonds. The van der Waals surface area contributed by atoms with Crippen LogP contribution in [0.3, 0.4) is 0 Å². The van der Waals surface area contributed by atoms with Crippen molar-refractivity contribution < 1.29 is 29.4 Å². The molecule has 14 nitrogen and oxygen atoms in total. The van der Waals surface area contributed by atoms with E-state index >= 15 is 0 Å². The molecule has 320 valence electrons. The summed E-state index contributed by atoms with van der Waals surface area (Å²) in [5.74, 6) is 0.941. The summed E-state index contributed by atoms with van der Waals surface area (Å²) in [6, 6.07) is 25.4. The Morgan fingerprint density at radius 1 is 0.694 bits per heavy atom. The number of likely N-dealkylation sites (tertiary alicyclic amines) is 2. The molecular weight excluding hydrogens is 785 g/mol. The number of fused-ring (bicyclic) bond motifs is 4. The Morgan fingerprint density at radius 2 is 1.29 bits per heavy atom. The van der Waals surface area contributed by atoms with Gasteiger partial charge < -0.3 is 40.6 Å². The molecule has 2 bridgehead atoms. The largest absolute Gasteiger partial charge is 0.465 e. The number of benzene rings is 4. The number of carbonyl (C=O) groups excluding carboxylic acids is 2. The lowest BCUT2D eigenvalue weighted by Gasteiger charge is -2.37. The van der Waals surface area contributed by atoms with Gasteiger partial charge in [0.15, 0.2) is 0 Å². The SMILES string of the molecule is CC(C)[C@H](NC(=O)O)C(=O)N1CCC[C@H]1c1ncc(-c2ccc3cc(-c4ccc(-c5ccc6nc([C@@H]7[C@H]8CC[C@H](C8)N7C(=O)[C@@H](NC(=O)O)C(C)C)[nH]c6c5)cc4)ccc3c2)[nH]1. The average molecular weight is 837 g/mol. The maximum Gasteiger partial charge on any atom is 0.405 e. The predicted molar refractivity (Wildman–Crippen MR) is 236 cm³/mol. The number of rotatable bonds is 11. The molecule has 2 aromatic heterocycles. The van der Waals surface area contributed by atoms with E-state index in [0.717, 1.165) is 93.2 Å². The number of imidazole rings is 2. The fraction of sp³-hybridized carbons (Fsp3) is 0.375. The lowest BCUT2D eigenvalue weighted by Crippen LogP contribution is -2.53. The average Bonchev–Trinajstić information content (AvgIpc) is 4.12. The Bertz CT molecular complexity index is 2690. The van der Waals surface area contributed by atoms with Crippen LogP contribution in [-0.2, 0) is 9.59 Å². The summed E-state index contributed by atoms with van der Waals surface area (Å²) in [6.07, 6.45) is 3.79. The molecule has 0 spiro atoms. The second-order valence-corrected chi connectivity index (χ2v) is 17.8. The molecule has 6 N–H and O–H groups in total. The van der Waals surface area contributed by atoms with Crippen LogP contribution >= 0.6 is 0 Å². The van der Waals surface area contributed by atoms with Crippen LogP contribution in [0.2, 0.25) is 0 Å². The van der Waals surface area contributed by atoms with Gasteiger partial charge in [-0.1, -0.05) is 82.3 Å². The smallest absolute Gasteiger partial charge is 0.405 e. The van der Waals surface area contributed by atoms with Crippen molar-refractivity contribution in [3.63, 3.8) is 0 Å². The number of aromatic nitrogens is 4. The molecule has 6 atom stereocenters. The van der Waals surface area contributed by atoms with Crippen molar-refractivity contribution in [1.29, 1.82) is 0 Å². The van der Waals surface area contributed by atoms with Gasteiger partial charge in [0, 0.05) is 18.2 Å². The first-order valence-corrected chi connectivity index (χ1v) is 21.6. The van der Waals surface area contributed by atoms with Crippen LogP contribution in [0.1, 0.15) is 83.5 Å². The molecule has 1 aliphatic carbocycles. The molecule has 14 heteroatoms. The summed E-state index contributed by atoms with van der Waals surface area (Å²) in [4.78, 5) is 70.6. The predicted octanol–water partition coefficient (Wildman–Crippen LogP) is 8.74. The molecule has 3 fully saturated rings. The van der Waals surface area contributed by atoms with Gasteiger partial charge in [0.2, 0.25) is 11.8 Å². The third kappa shape index (κ3) is 7.62. The van der Waals surface area contributed by atoms with Gasteiger partial charge in [-0.3, -0.25) is 9.59 Å². The monoisotopic (exact) mass is 836 g/mol. The number of carboxylic acid groups (broad SMARTS) is 2. The van der Waals surface area contributed by atoms with Gasteiger partial charge in [0.1, 0.15) is 23.7 Å². The Morgan fingerprint density at radius 3 is 1.95 bits per heavy atom. The molecule has 4 heterocycles. The zero-order valence-electron chi connectivity index (χ0n) is 35.3. The lowest BCUT2D eigenvalue weighted by molar-refractivity contribution is -0.139. The highest BCUT2D eigenvalue weighted by Crippen LogP contribution is 2.50. The van der Waals surface area contributed by atoms with Crippen molar-refractivity contribution in [2.24, 2.45) is 17.8 Å². The second kappa shape index (κ2) is 16.3. The standard InChI is InChI=1S/C48H52N8O6/c1-25(2)40(53-47(59)60)45(57)55-19-5-6-39(55)43-49-24-38(52-43)33-14-13-30-20-29(11-12-31(30)21-33)27-7-9-28(10-8-27)32-16-18-36-37(23-32)51-44(50-36)42-34-15-17-35(22-34)56(42)46(58)41(26(3)4)54-48(61)62/h7-14,16,18,20-21,23-26,34-35,39-42,53-54H,5-6,15,17,19,22H2,1-4H3,(H,49,52)(H,50,51)(H,59,60)(H,61,62)/t34-,35+,39-,40-,41-,42-/m0/s1. The maximum absolute atomic E-state index is 13.9. The quantitative estimate of drug-likeness (QED) is 0.0745. The third-order valence-corrected chi connectivity index (χ3v) is 13.2. The van der Waals surface area contributed by atoms with E-state index in [1.165, 1.54) is 0 Å². The Balaban J connectivity index is 0.898. The topological polar surface area (TPSA) is 197 Å². The lowest BCUT2D eigenvalue weighted by atomic mass is 9.95. The summed E-state index contributed by atoms with van der Waals surface area (Å²) < 4.78 is 0. The van der Waals surface area contributed by atoms with E-state index in [0.29, 0.717) is 12.4 Å². The first-order chi connectivity index (χ1) is 29.8. The molecule has 6 aromatic rings. The van der Waals surface area contributed by atoms with Crippen molar-refractivity contribution >= 4 is 45.8 Å². The summed E-state index contributed by atoms with van der Waals surface area (Å²) in [5, 5.41) is 25.8. The first-order valence-electron chi connectivity index (χ1n) is 21.6. The van der Waals surface area contributed by atoms with E-state index in [4.69, 9.17) is 4.98 Å². The minimum absolute atomic E-state index is 0.0817. The molecule has 2 saturated heterocycles. The van der Waals surface area contributed by atoms with Gasteiger partial charge >= 0.3 is 12.2 Å². The number of nitrogens with one attached hydrogen (secondary N) is 4. The Labute approximate surface area is 359 Å². The number of H-pyrrole nitrogens is 2. The number of hydrogen-bond donors (Lipinski definition) is 6. The normalized spacial score (nSPS) is 20.7. The van der Waals surface area contributed by atoms with Gasteiger partial charge in [-0.2, -0.15) is 0 Å². The summed E-state index contributed by atoms with van der Waals surface area (Å²) in [5.41, 5.74) is 7.84. The highest BCUT2D eigenvalue weighted by atomic mass is 16.4. The molecule has 9 rings (SSSR count). The van der Waals surface area contributed by atoms with Crippen molar-refractivity contribution in [3.05, 3.63) is 96.7 Å². The number of aromatic amines is 2. The molecular formula is C48H52N8O6. The number of carbonyl (C=O) groups is 4. The zero-order valence-corrected chi connectivity index (χ0v) is 35.3. The molecule has 62 heavy (non-hydrogen) atoms.